The SMILES string of the molecule is C[C@H](N)CN1CC=CCC1. The van der Waals surface area contributed by atoms with Crippen LogP contribution in [0.4, 0.5) is 0 Å². The lowest BCUT2D eigenvalue weighted by molar-refractivity contribution is 0.284. The van der Waals surface area contributed by atoms with E-state index in [0.717, 1.165) is 13.1 Å². The Labute approximate surface area is 62.7 Å². The molecule has 0 saturated carbocycles. The van der Waals surface area contributed by atoms with Gasteiger partial charge in [-0.2, -0.15) is 0 Å². The maximum Gasteiger partial charge on any atom is 0.0164 e. The summed E-state index contributed by atoms with van der Waals surface area (Å²) in [6.45, 7) is 5.35. The molecule has 0 aliphatic carbocycles. The van der Waals surface area contributed by atoms with Gasteiger partial charge in [0.2, 0.25) is 0 Å². The minimum absolute atomic E-state index is 0.312. The second-order valence-electron chi connectivity index (χ2n) is 3.00. The van der Waals surface area contributed by atoms with Crippen molar-refractivity contribution >= 4 is 0 Å². The molecule has 0 saturated heterocycles. The maximum atomic E-state index is 5.66. The molecule has 0 fully saturated rings. The molecular formula is C8H16N2. The second-order valence-corrected chi connectivity index (χ2v) is 3.00. The van der Waals surface area contributed by atoms with Gasteiger partial charge in [0, 0.05) is 25.7 Å². The molecule has 1 atom stereocenters. The molecule has 1 heterocycles. The van der Waals surface area contributed by atoms with Crippen molar-refractivity contribution < 1.29 is 0 Å². The van der Waals surface area contributed by atoms with Crippen LogP contribution in [-0.4, -0.2) is 30.6 Å². The van der Waals surface area contributed by atoms with Crippen molar-refractivity contribution in [3.05, 3.63) is 12.2 Å². The lowest BCUT2D eigenvalue weighted by Crippen LogP contribution is -2.37. The van der Waals surface area contributed by atoms with Crippen LogP contribution < -0.4 is 5.73 Å². The van der Waals surface area contributed by atoms with Crippen LogP contribution in [0.1, 0.15) is 13.3 Å². The maximum absolute atomic E-state index is 5.66. The second kappa shape index (κ2) is 3.74. The van der Waals surface area contributed by atoms with Crippen LogP contribution in [0, 0.1) is 0 Å². The van der Waals surface area contributed by atoms with Crippen molar-refractivity contribution in [3.63, 3.8) is 0 Å². The molecule has 10 heavy (non-hydrogen) atoms. The van der Waals surface area contributed by atoms with E-state index in [9.17, 15) is 0 Å². The van der Waals surface area contributed by atoms with E-state index < -0.39 is 0 Å². The molecular weight excluding hydrogens is 124 g/mol. The third kappa shape index (κ3) is 2.50. The fourth-order valence-corrected chi connectivity index (χ4v) is 1.26. The van der Waals surface area contributed by atoms with E-state index in [4.69, 9.17) is 5.73 Å². The first-order valence-corrected chi connectivity index (χ1v) is 3.92. The number of rotatable bonds is 2. The summed E-state index contributed by atoms with van der Waals surface area (Å²) in [7, 11) is 0. The van der Waals surface area contributed by atoms with Crippen LogP contribution in [0.5, 0.6) is 0 Å². The van der Waals surface area contributed by atoms with E-state index in [2.05, 4.69) is 24.0 Å². The minimum Gasteiger partial charge on any atom is -0.327 e. The summed E-state index contributed by atoms with van der Waals surface area (Å²) in [5.74, 6) is 0. The van der Waals surface area contributed by atoms with Gasteiger partial charge in [-0.1, -0.05) is 12.2 Å². The molecule has 1 aliphatic heterocycles. The summed E-state index contributed by atoms with van der Waals surface area (Å²) in [5, 5.41) is 0. The van der Waals surface area contributed by atoms with E-state index in [-0.39, 0.29) is 0 Å². The number of hydrogen-bond acceptors (Lipinski definition) is 2. The van der Waals surface area contributed by atoms with Gasteiger partial charge in [-0.15, -0.1) is 0 Å². The predicted molar refractivity (Wildman–Crippen MR) is 43.8 cm³/mol. The van der Waals surface area contributed by atoms with Gasteiger partial charge in [0.15, 0.2) is 0 Å². The number of nitrogens with two attached hydrogens (primary N) is 1. The van der Waals surface area contributed by atoms with Gasteiger partial charge in [0.25, 0.3) is 0 Å². The molecule has 0 unspecified atom stereocenters. The molecule has 2 heteroatoms. The largest absolute Gasteiger partial charge is 0.327 e. The van der Waals surface area contributed by atoms with Crippen molar-refractivity contribution in [2.24, 2.45) is 5.73 Å². The van der Waals surface area contributed by atoms with Gasteiger partial charge < -0.3 is 5.73 Å². The first kappa shape index (κ1) is 7.76. The van der Waals surface area contributed by atoms with Crippen LogP contribution in [0.2, 0.25) is 0 Å². The Kier molecular flexibility index (Phi) is 2.90. The highest BCUT2D eigenvalue weighted by Crippen LogP contribution is 2.00. The van der Waals surface area contributed by atoms with Crippen molar-refractivity contribution in [1.29, 1.82) is 0 Å². The standard InChI is InChI=1S/C8H16N2/c1-8(9)7-10-5-3-2-4-6-10/h2-3,8H,4-7,9H2,1H3/t8-/m0/s1. The third-order valence-corrected chi connectivity index (χ3v) is 1.69. The van der Waals surface area contributed by atoms with E-state index in [1.807, 2.05) is 0 Å². The topological polar surface area (TPSA) is 29.3 Å². The van der Waals surface area contributed by atoms with Crippen LogP contribution in [-0.2, 0) is 0 Å². The fourth-order valence-electron chi connectivity index (χ4n) is 1.26. The van der Waals surface area contributed by atoms with Gasteiger partial charge >= 0.3 is 0 Å². The predicted octanol–water partition coefficient (Wildman–Crippen LogP) is 0.595. The van der Waals surface area contributed by atoms with Crippen molar-refractivity contribution in [1.82, 2.24) is 4.90 Å². The summed E-state index contributed by atoms with van der Waals surface area (Å²) in [4.78, 5) is 2.38. The Balaban J connectivity index is 2.22. The highest BCUT2D eigenvalue weighted by molar-refractivity contribution is 4.91. The zero-order valence-electron chi connectivity index (χ0n) is 6.59. The van der Waals surface area contributed by atoms with Crippen molar-refractivity contribution in [3.8, 4) is 0 Å². The van der Waals surface area contributed by atoms with Crippen LogP contribution in [0.25, 0.3) is 0 Å². The zero-order chi connectivity index (χ0) is 7.40. The molecule has 1 rings (SSSR count). The summed E-state index contributed by atoms with van der Waals surface area (Å²) in [6, 6.07) is 0.312. The Morgan fingerprint density at radius 2 is 2.40 bits per heavy atom. The molecule has 0 spiro atoms. The van der Waals surface area contributed by atoms with Gasteiger partial charge in [0.1, 0.15) is 0 Å². The molecule has 1 aliphatic rings. The van der Waals surface area contributed by atoms with E-state index >= 15 is 0 Å². The molecule has 58 valence electrons. The van der Waals surface area contributed by atoms with Gasteiger partial charge in [0.05, 0.1) is 0 Å². The first-order chi connectivity index (χ1) is 4.79. The lowest BCUT2D eigenvalue weighted by atomic mass is 10.2. The normalized spacial score (nSPS) is 23.0. The Morgan fingerprint density at radius 3 is 2.90 bits per heavy atom. The number of nitrogens with zero attached hydrogens (tertiary/aromatic N) is 1. The summed E-state index contributed by atoms with van der Waals surface area (Å²) >= 11 is 0. The molecule has 0 aromatic heterocycles. The van der Waals surface area contributed by atoms with E-state index in [1.165, 1.54) is 13.0 Å². The molecule has 0 aromatic rings. The fraction of sp³-hybridized carbons (Fsp3) is 0.750. The Bertz CT molecular complexity index is 118. The number of hydrogen-bond donors (Lipinski definition) is 1. The van der Waals surface area contributed by atoms with Crippen LogP contribution in [0.15, 0.2) is 12.2 Å². The smallest absolute Gasteiger partial charge is 0.0164 e. The zero-order valence-corrected chi connectivity index (χ0v) is 6.59. The summed E-state index contributed by atoms with van der Waals surface area (Å²) in [5.41, 5.74) is 5.66. The van der Waals surface area contributed by atoms with Gasteiger partial charge in [-0.25, -0.2) is 0 Å². The minimum atomic E-state index is 0.312. The molecule has 2 N–H and O–H groups in total. The van der Waals surface area contributed by atoms with E-state index in [1.54, 1.807) is 0 Å². The quantitative estimate of drug-likeness (QED) is 0.569. The average molecular weight is 140 g/mol. The molecule has 0 radical (unpaired) electrons. The highest BCUT2D eigenvalue weighted by atomic mass is 15.1. The van der Waals surface area contributed by atoms with Crippen molar-refractivity contribution in [2.45, 2.75) is 19.4 Å². The molecule has 0 aromatic carbocycles. The first-order valence-electron chi connectivity index (χ1n) is 3.92. The Morgan fingerprint density at radius 1 is 1.60 bits per heavy atom. The lowest BCUT2D eigenvalue weighted by Gasteiger charge is -2.24. The van der Waals surface area contributed by atoms with E-state index in [0.29, 0.717) is 6.04 Å². The summed E-state index contributed by atoms with van der Waals surface area (Å²) < 4.78 is 0. The summed E-state index contributed by atoms with van der Waals surface area (Å²) in [6.07, 6.45) is 5.64. The molecule has 0 amide bonds. The monoisotopic (exact) mass is 140 g/mol. The van der Waals surface area contributed by atoms with Crippen LogP contribution in [0.3, 0.4) is 0 Å². The Hall–Kier alpha value is -0.340. The molecule has 0 bridgehead atoms. The third-order valence-electron chi connectivity index (χ3n) is 1.69. The molecule has 2 nitrogen and oxygen atoms in total. The van der Waals surface area contributed by atoms with Gasteiger partial charge in [-0.05, 0) is 13.3 Å². The van der Waals surface area contributed by atoms with Gasteiger partial charge in [-0.3, -0.25) is 4.90 Å². The van der Waals surface area contributed by atoms with Crippen molar-refractivity contribution in [2.75, 3.05) is 19.6 Å². The van der Waals surface area contributed by atoms with Crippen LogP contribution >= 0.6 is 0 Å². The average Bonchev–Trinajstić information content (AvgIpc) is 1.88. The highest BCUT2D eigenvalue weighted by Gasteiger charge is 2.06.